The van der Waals surface area contributed by atoms with Crippen molar-refractivity contribution in [3.05, 3.63) is 42.2 Å². The maximum Gasteiger partial charge on any atom is 0.246 e. The molecule has 3 rings (SSSR count). The van der Waals surface area contributed by atoms with Gasteiger partial charge in [-0.2, -0.15) is 0 Å². The fourth-order valence-corrected chi connectivity index (χ4v) is 2.65. The first-order valence-corrected chi connectivity index (χ1v) is 7.78. The van der Waals surface area contributed by atoms with E-state index in [0.29, 0.717) is 25.3 Å². The lowest BCUT2D eigenvalue weighted by Crippen LogP contribution is -2.48. The maximum absolute atomic E-state index is 12.2. The molecule has 0 saturated carbocycles. The van der Waals surface area contributed by atoms with E-state index in [1.807, 2.05) is 29.2 Å². The lowest BCUT2D eigenvalue weighted by molar-refractivity contribution is -0.127. The first kappa shape index (κ1) is 15.6. The Bertz CT molecular complexity index is 709. The number of aliphatic hydroxyl groups excluding tert-OH is 1. The quantitative estimate of drug-likeness (QED) is 0.845. The van der Waals surface area contributed by atoms with Gasteiger partial charge in [-0.1, -0.05) is 12.1 Å². The smallest absolute Gasteiger partial charge is 0.246 e. The number of piperazine rings is 1. The molecule has 1 aromatic carbocycles. The molecule has 1 N–H and O–H groups in total. The molecule has 1 aliphatic heterocycles. The van der Waals surface area contributed by atoms with Gasteiger partial charge >= 0.3 is 0 Å². The largest absolute Gasteiger partial charge is 0.395 e. The van der Waals surface area contributed by atoms with Crippen LogP contribution in [0.25, 0.3) is 17.1 Å². The van der Waals surface area contributed by atoms with Gasteiger partial charge in [0.1, 0.15) is 0 Å². The standard InChI is InChI=1S/C17H20N4O2/c22-12-11-20-7-9-21(10-8-20)17(23)6-5-14-13-18-15-3-1-2-4-16(15)19-14/h1-6,13,22H,7-12H2/b6-5+. The van der Waals surface area contributed by atoms with Crippen molar-refractivity contribution in [3.63, 3.8) is 0 Å². The fraction of sp³-hybridized carbons (Fsp3) is 0.353. The van der Waals surface area contributed by atoms with E-state index in [9.17, 15) is 4.79 Å². The zero-order valence-corrected chi connectivity index (χ0v) is 12.9. The van der Waals surface area contributed by atoms with Crippen LogP contribution >= 0.6 is 0 Å². The van der Waals surface area contributed by atoms with E-state index in [2.05, 4.69) is 14.9 Å². The summed E-state index contributed by atoms with van der Waals surface area (Å²) < 4.78 is 0. The van der Waals surface area contributed by atoms with Gasteiger partial charge in [-0.3, -0.25) is 14.7 Å². The summed E-state index contributed by atoms with van der Waals surface area (Å²) in [6.45, 7) is 3.81. The molecule has 0 bridgehead atoms. The molecule has 6 heteroatoms. The number of benzene rings is 1. The van der Waals surface area contributed by atoms with Gasteiger partial charge in [0.2, 0.25) is 5.91 Å². The average Bonchev–Trinajstić information content (AvgIpc) is 2.60. The summed E-state index contributed by atoms with van der Waals surface area (Å²) in [6, 6.07) is 7.66. The lowest BCUT2D eigenvalue weighted by Gasteiger charge is -2.33. The molecule has 1 fully saturated rings. The van der Waals surface area contributed by atoms with Crippen molar-refractivity contribution >= 4 is 23.0 Å². The van der Waals surface area contributed by atoms with Gasteiger partial charge in [0.25, 0.3) is 0 Å². The van der Waals surface area contributed by atoms with Gasteiger partial charge in [-0.25, -0.2) is 4.98 Å². The molecule has 0 radical (unpaired) electrons. The summed E-state index contributed by atoms with van der Waals surface area (Å²) in [7, 11) is 0. The molecule has 2 heterocycles. The maximum atomic E-state index is 12.2. The number of nitrogens with zero attached hydrogens (tertiary/aromatic N) is 4. The minimum Gasteiger partial charge on any atom is -0.395 e. The van der Waals surface area contributed by atoms with Crippen LogP contribution < -0.4 is 0 Å². The minimum atomic E-state index is -0.0105. The van der Waals surface area contributed by atoms with Crippen LogP contribution in [0.3, 0.4) is 0 Å². The number of hydrogen-bond donors (Lipinski definition) is 1. The molecule has 6 nitrogen and oxygen atoms in total. The summed E-state index contributed by atoms with van der Waals surface area (Å²) in [5.41, 5.74) is 2.34. The molecule has 2 aromatic rings. The number of aromatic nitrogens is 2. The second kappa shape index (κ2) is 7.30. The van der Waals surface area contributed by atoms with Crippen LogP contribution in [0.1, 0.15) is 5.69 Å². The number of amides is 1. The Morgan fingerprint density at radius 1 is 1.17 bits per heavy atom. The van der Waals surface area contributed by atoms with Crippen molar-refractivity contribution < 1.29 is 9.90 Å². The fourth-order valence-electron chi connectivity index (χ4n) is 2.65. The summed E-state index contributed by atoms with van der Waals surface area (Å²) in [5.74, 6) is -0.0105. The Balaban J connectivity index is 1.61. The lowest BCUT2D eigenvalue weighted by atomic mass is 10.2. The highest BCUT2D eigenvalue weighted by Gasteiger charge is 2.18. The third-order valence-corrected chi connectivity index (χ3v) is 3.96. The summed E-state index contributed by atoms with van der Waals surface area (Å²) >= 11 is 0. The molecule has 23 heavy (non-hydrogen) atoms. The second-order valence-electron chi connectivity index (χ2n) is 5.51. The Morgan fingerprint density at radius 3 is 2.65 bits per heavy atom. The van der Waals surface area contributed by atoms with Crippen LogP contribution in [0.2, 0.25) is 0 Å². The van der Waals surface area contributed by atoms with E-state index < -0.39 is 0 Å². The Morgan fingerprint density at radius 2 is 1.91 bits per heavy atom. The number of para-hydroxylation sites is 2. The topological polar surface area (TPSA) is 69.6 Å². The van der Waals surface area contributed by atoms with Crippen LogP contribution in [-0.4, -0.2) is 70.1 Å². The van der Waals surface area contributed by atoms with Crippen LogP contribution in [0.15, 0.2) is 36.5 Å². The molecule has 1 aromatic heterocycles. The first-order chi connectivity index (χ1) is 11.3. The molecule has 0 aliphatic carbocycles. The SMILES string of the molecule is O=C(/C=C/c1cnc2ccccc2n1)N1CCN(CCO)CC1. The number of carbonyl (C=O) groups is 1. The van der Waals surface area contributed by atoms with Crippen LogP contribution in [0.4, 0.5) is 0 Å². The van der Waals surface area contributed by atoms with Gasteiger partial charge in [-0.15, -0.1) is 0 Å². The summed E-state index contributed by atoms with van der Waals surface area (Å²) in [5, 5.41) is 8.93. The van der Waals surface area contributed by atoms with Gasteiger partial charge in [0.05, 0.1) is 29.5 Å². The van der Waals surface area contributed by atoms with Crippen LogP contribution in [0, 0.1) is 0 Å². The third-order valence-electron chi connectivity index (χ3n) is 3.96. The van der Waals surface area contributed by atoms with Crippen molar-refractivity contribution in [2.45, 2.75) is 0 Å². The van der Waals surface area contributed by atoms with Gasteiger partial charge < -0.3 is 10.0 Å². The highest BCUT2D eigenvalue weighted by molar-refractivity contribution is 5.91. The normalized spacial score (nSPS) is 16.3. The number of rotatable bonds is 4. The van der Waals surface area contributed by atoms with Gasteiger partial charge in [-0.05, 0) is 18.2 Å². The van der Waals surface area contributed by atoms with Gasteiger partial charge in [0, 0.05) is 38.8 Å². The van der Waals surface area contributed by atoms with Crippen molar-refractivity contribution in [3.8, 4) is 0 Å². The highest BCUT2D eigenvalue weighted by Crippen LogP contribution is 2.10. The van der Waals surface area contributed by atoms with E-state index in [-0.39, 0.29) is 12.5 Å². The second-order valence-corrected chi connectivity index (χ2v) is 5.51. The van der Waals surface area contributed by atoms with Crippen molar-refractivity contribution in [1.82, 2.24) is 19.8 Å². The molecule has 0 atom stereocenters. The predicted molar refractivity (Wildman–Crippen MR) is 88.7 cm³/mol. The van der Waals surface area contributed by atoms with E-state index in [1.165, 1.54) is 0 Å². The average molecular weight is 312 g/mol. The molecule has 1 saturated heterocycles. The van der Waals surface area contributed by atoms with E-state index in [0.717, 1.165) is 24.1 Å². The Labute approximate surface area is 135 Å². The monoisotopic (exact) mass is 312 g/mol. The van der Waals surface area contributed by atoms with E-state index >= 15 is 0 Å². The summed E-state index contributed by atoms with van der Waals surface area (Å²) in [6.07, 6.45) is 4.94. The molecule has 1 amide bonds. The minimum absolute atomic E-state index is 0.0105. The highest BCUT2D eigenvalue weighted by atomic mass is 16.3. The van der Waals surface area contributed by atoms with Crippen molar-refractivity contribution in [1.29, 1.82) is 0 Å². The summed E-state index contributed by atoms with van der Waals surface area (Å²) in [4.78, 5) is 25.0. The Kier molecular flexibility index (Phi) is 4.95. The molecule has 0 spiro atoms. The molecule has 1 aliphatic rings. The number of fused-ring (bicyclic) bond motifs is 1. The van der Waals surface area contributed by atoms with Crippen molar-refractivity contribution in [2.75, 3.05) is 39.3 Å². The number of β-amino-alcohol motifs (C(OH)–C–C–N with tert-alkyl or cyclic N) is 1. The molecular formula is C17H20N4O2. The van der Waals surface area contributed by atoms with Crippen LogP contribution in [0.5, 0.6) is 0 Å². The Hall–Kier alpha value is -2.31. The third kappa shape index (κ3) is 3.91. The molecule has 0 unspecified atom stereocenters. The van der Waals surface area contributed by atoms with Crippen molar-refractivity contribution in [2.24, 2.45) is 0 Å². The number of carbonyl (C=O) groups excluding carboxylic acids is 1. The van der Waals surface area contributed by atoms with E-state index in [4.69, 9.17) is 5.11 Å². The van der Waals surface area contributed by atoms with Gasteiger partial charge in [0.15, 0.2) is 0 Å². The molecular weight excluding hydrogens is 292 g/mol. The number of hydrogen-bond acceptors (Lipinski definition) is 5. The van der Waals surface area contributed by atoms with E-state index in [1.54, 1.807) is 18.3 Å². The zero-order chi connectivity index (χ0) is 16.1. The van der Waals surface area contributed by atoms with Crippen LogP contribution in [-0.2, 0) is 4.79 Å². The number of aliphatic hydroxyl groups is 1. The molecule has 120 valence electrons. The predicted octanol–water partition coefficient (Wildman–Crippen LogP) is 0.779. The first-order valence-electron chi connectivity index (χ1n) is 7.78. The zero-order valence-electron chi connectivity index (χ0n) is 12.9.